The number of benzene rings is 1. The van der Waals surface area contributed by atoms with Crippen LogP contribution in [-0.4, -0.2) is 47.4 Å². The zero-order valence-corrected chi connectivity index (χ0v) is 23.3. The highest BCUT2D eigenvalue weighted by atomic mass is 32.1. The fourth-order valence-electron chi connectivity index (χ4n) is 5.22. The Morgan fingerprint density at radius 2 is 1.98 bits per heavy atom. The van der Waals surface area contributed by atoms with Crippen molar-refractivity contribution in [1.29, 1.82) is 0 Å². The molecule has 2 aliphatic heterocycles. The summed E-state index contributed by atoms with van der Waals surface area (Å²) in [6.07, 6.45) is 4.72. The lowest BCUT2D eigenvalue weighted by Crippen LogP contribution is -2.38. The Morgan fingerprint density at radius 1 is 1.15 bits per heavy atom. The lowest BCUT2D eigenvalue weighted by Gasteiger charge is -2.27. The number of pyridine rings is 1. The van der Waals surface area contributed by atoms with E-state index in [1.165, 1.54) is 23.6 Å². The third-order valence-electron chi connectivity index (χ3n) is 7.23. The summed E-state index contributed by atoms with van der Waals surface area (Å²) in [5.74, 6) is -0.757. The van der Waals surface area contributed by atoms with Gasteiger partial charge in [0.05, 0.1) is 24.3 Å². The molecule has 0 aliphatic carbocycles. The summed E-state index contributed by atoms with van der Waals surface area (Å²) < 4.78 is 25.7. The van der Waals surface area contributed by atoms with Crippen LogP contribution in [0.25, 0.3) is 0 Å². The van der Waals surface area contributed by atoms with E-state index < -0.39 is 12.0 Å². The van der Waals surface area contributed by atoms with Crippen LogP contribution >= 0.6 is 11.3 Å². The lowest BCUT2D eigenvalue weighted by atomic mass is 10.1. The fourth-order valence-corrected chi connectivity index (χ4v) is 6.07. The minimum absolute atomic E-state index is 0.174. The van der Waals surface area contributed by atoms with Gasteiger partial charge >= 0.3 is 6.09 Å². The van der Waals surface area contributed by atoms with Crippen LogP contribution in [0, 0.1) is 12.9 Å². The molecule has 0 radical (unpaired) electrons. The van der Waals surface area contributed by atoms with Crippen molar-refractivity contribution in [3.63, 3.8) is 0 Å². The third-order valence-corrected chi connectivity index (χ3v) is 8.09. The van der Waals surface area contributed by atoms with E-state index in [9.17, 15) is 14.0 Å². The predicted octanol–water partition coefficient (Wildman–Crippen LogP) is 5.98. The molecule has 2 aliphatic rings. The molecule has 2 saturated heterocycles. The number of ether oxygens (including phenoxy) is 2. The lowest BCUT2D eigenvalue weighted by molar-refractivity contribution is -0.0951. The molecule has 9 nitrogen and oxygen atoms in total. The van der Waals surface area contributed by atoms with E-state index in [1.807, 2.05) is 54.1 Å². The summed E-state index contributed by atoms with van der Waals surface area (Å²) in [6, 6.07) is 14.9. The van der Waals surface area contributed by atoms with E-state index in [-0.39, 0.29) is 18.1 Å². The maximum Gasteiger partial charge on any atom is 0.412 e. The molecule has 11 heteroatoms. The van der Waals surface area contributed by atoms with E-state index in [1.54, 1.807) is 6.07 Å². The van der Waals surface area contributed by atoms with Gasteiger partial charge in [0.25, 0.3) is 5.91 Å². The number of nitrogens with zero attached hydrogens (tertiary/aromatic N) is 3. The minimum atomic E-state index is -0.545. The third kappa shape index (κ3) is 6.26. The van der Waals surface area contributed by atoms with Gasteiger partial charge in [-0.15, -0.1) is 11.3 Å². The minimum Gasteiger partial charge on any atom is -0.441 e. The molecule has 0 saturated carbocycles. The largest absolute Gasteiger partial charge is 0.441 e. The Kier molecular flexibility index (Phi) is 7.71. The number of amides is 2. The second-order valence-corrected chi connectivity index (χ2v) is 11.2. The fraction of sp³-hybridized carbons (Fsp3) is 0.300. The predicted molar refractivity (Wildman–Crippen MR) is 155 cm³/mol. The van der Waals surface area contributed by atoms with Crippen LogP contribution in [0.2, 0.25) is 0 Å². The number of hydrogen-bond donors (Lipinski definition) is 2. The van der Waals surface area contributed by atoms with Gasteiger partial charge in [-0.2, -0.15) is 4.39 Å². The molecule has 0 unspecified atom stereocenters. The summed E-state index contributed by atoms with van der Waals surface area (Å²) in [6.45, 7) is 4.10. The number of carbonyl (C=O) groups excluding carboxylic acids is 2. The molecule has 3 aromatic heterocycles. The maximum atomic E-state index is 13.6. The first kappa shape index (κ1) is 27.0. The van der Waals surface area contributed by atoms with Crippen LogP contribution in [0.3, 0.4) is 0 Å². The van der Waals surface area contributed by atoms with Crippen molar-refractivity contribution >= 4 is 39.7 Å². The van der Waals surface area contributed by atoms with E-state index in [0.717, 1.165) is 46.8 Å². The smallest absolute Gasteiger partial charge is 0.412 e. The van der Waals surface area contributed by atoms with Crippen molar-refractivity contribution in [1.82, 2.24) is 9.55 Å². The normalized spacial score (nSPS) is 16.8. The molecule has 6 rings (SSSR count). The molecular weight excluding hydrogens is 545 g/mol. The number of hydrogen-bond acceptors (Lipinski definition) is 7. The van der Waals surface area contributed by atoms with Crippen molar-refractivity contribution in [2.24, 2.45) is 0 Å². The highest BCUT2D eigenvalue weighted by molar-refractivity contribution is 7.14. The number of thiophene rings is 1. The summed E-state index contributed by atoms with van der Waals surface area (Å²) in [7, 11) is 0. The molecule has 4 aromatic rings. The highest BCUT2D eigenvalue weighted by Gasteiger charge is 2.28. The molecule has 41 heavy (non-hydrogen) atoms. The van der Waals surface area contributed by atoms with Gasteiger partial charge in [-0.3, -0.25) is 10.1 Å². The maximum absolute atomic E-state index is 13.6. The second kappa shape index (κ2) is 11.7. The van der Waals surface area contributed by atoms with Gasteiger partial charge in [-0.1, -0.05) is 0 Å². The van der Waals surface area contributed by atoms with E-state index >= 15 is 0 Å². The first-order valence-corrected chi connectivity index (χ1v) is 14.4. The number of nitrogens with one attached hydrogen (secondary N) is 2. The first-order chi connectivity index (χ1) is 19.9. The van der Waals surface area contributed by atoms with Gasteiger partial charge < -0.3 is 24.3 Å². The number of anilines is 3. The molecule has 0 bridgehead atoms. The number of carbonyl (C=O) groups is 2. The summed E-state index contributed by atoms with van der Waals surface area (Å²) in [5.41, 5.74) is 5.07. The van der Waals surface area contributed by atoms with E-state index in [0.29, 0.717) is 31.1 Å². The quantitative estimate of drug-likeness (QED) is 0.251. The van der Waals surface area contributed by atoms with Crippen LogP contribution in [-0.2, 0) is 16.0 Å². The van der Waals surface area contributed by atoms with Crippen LogP contribution in [0.15, 0.2) is 66.3 Å². The summed E-state index contributed by atoms with van der Waals surface area (Å²) >= 11 is 1.50. The van der Waals surface area contributed by atoms with Crippen molar-refractivity contribution in [3.8, 4) is 0 Å². The van der Waals surface area contributed by atoms with Crippen LogP contribution < -0.4 is 15.5 Å². The van der Waals surface area contributed by atoms with E-state index in [4.69, 9.17) is 9.47 Å². The van der Waals surface area contributed by atoms with Crippen molar-refractivity contribution < 1.29 is 23.5 Å². The Morgan fingerprint density at radius 3 is 2.73 bits per heavy atom. The Labute approximate surface area is 240 Å². The average molecular weight is 576 g/mol. The molecule has 5 heterocycles. The van der Waals surface area contributed by atoms with Gasteiger partial charge in [0.2, 0.25) is 5.95 Å². The van der Waals surface area contributed by atoms with Crippen LogP contribution in [0.1, 0.15) is 46.1 Å². The number of halogens is 1. The molecule has 2 fully saturated rings. The summed E-state index contributed by atoms with van der Waals surface area (Å²) in [4.78, 5) is 31.2. The number of aryl methyl sites for hydroxylation is 1. The van der Waals surface area contributed by atoms with Gasteiger partial charge in [0.1, 0.15) is 5.69 Å². The molecule has 212 valence electrons. The molecule has 2 amide bonds. The first-order valence-electron chi connectivity index (χ1n) is 13.5. The Hall–Kier alpha value is -4.22. The zero-order chi connectivity index (χ0) is 28.3. The number of aromatic nitrogens is 2. The van der Waals surface area contributed by atoms with Gasteiger partial charge in [-0.25, -0.2) is 9.78 Å². The Balaban J connectivity index is 1.10. The topological polar surface area (TPSA) is 97.7 Å². The molecular formula is C30H30FN5O4S. The second-order valence-electron chi connectivity index (χ2n) is 10.3. The van der Waals surface area contributed by atoms with Gasteiger partial charge in [-0.05, 0) is 90.4 Å². The van der Waals surface area contributed by atoms with Crippen molar-refractivity contribution in [2.45, 2.75) is 38.5 Å². The standard InChI is InChI=1S/C30H30FN5O4S/c1-19-11-26(35(14-19)15-20-8-9-32-27(31)12-20)29(37)34-28-13-21(18-41-28)25-3-2-10-36(25)23-6-4-22(5-7-23)33-30(38)40-24-16-39-17-24/h4-9,11-14,18,24-25H,2-3,10,15-17H2,1H3,(H,33,38)(H,34,37)/t25-/m1/s1. The SMILES string of the molecule is Cc1cc(C(=O)Nc2cc([C@H]3CCCN3c3ccc(NC(=O)OC4COC4)cc3)cs2)n(Cc2ccnc(F)c2)c1. The molecule has 1 aromatic carbocycles. The Bertz CT molecular complexity index is 1550. The molecule has 0 spiro atoms. The zero-order valence-electron chi connectivity index (χ0n) is 22.5. The number of rotatable bonds is 8. The summed E-state index contributed by atoms with van der Waals surface area (Å²) in [5, 5.41) is 8.68. The monoisotopic (exact) mass is 575 g/mol. The van der Waals surface area contributed by atoms with Crippen molar-refractivity contribution in [2.75, 3.05) is 35.3 Å². The van der Waals surface area contributed by atoms with Gasteiger partial charge in [0, 0.05) is 36.9 Å². The van der Waals surface area contributed by atoms with Crippen molar-refractivity contribution in [3.05, 3.63) is 94.6 Å². The average Bonchev–Trinajstić information content (AvgIpc) is 3.67. The highest BCUT2D eigenvalue weighted by Crippen LogP contribution is 2.39. The van der Waals surface area contributed by atoms with E-state index in [2.05, 4.69) is 25.9 Å². The molecule has 2 N–H and O–H groups in total. The molecule has 1 atom stereocenters. The van der Waals surface area contributed by atoms with Crippen LogP contribution in [0.4, 0.5) is 25.6 Å². The van der Waals surface area contributed by atoms with Gasteiger partial charge in [0.15, 0.2) is 6.10 Å². The van der Waals surface area contributed by atoms with Crippen LogP contribution in [0.5, 0.6) is 0 Å².